The van der Waals surface area contributed by atoms with Crippen LogP contribution in [0.25, 0.3) is 10.9 Å². The molecule has 0 aliphatic heterocycles. The molecule has 0 saturated heterocycles. The van der Waals surface area contributed by atoms with Crippen molar-refractivity contribution < 1.29 is 4.79 Å². The predicted molar refractivity (Wildman–Crippen MR) is 65.1 cm³/mol. The number of hydrogen-bond donors (Lipinski definition) is 1. The highest BCUT2D eigenvalue weighted by atomic mass is 79.9. The topological polar surface area (TPSA) is 32.9 Å². The number of halogens is 1. The first kappa shape index (κ1) is 10.4. The molecule has 2 aromatic rings. The maximum absolute atomic E-state index is 11.2. The van der Waals surface area contributed by atoms with Gasteiger partial charge in [0.25, 0.3) is 0 Å². The molecule has 78 valence electrons. The number of benzene rings is 1. The first-order chi connectivity index (χ1) is 7.08. The van der Waals surface area contributed by atoms with Crippen molar-refractivity contribution in [2.45, 2.75) is 20.3 Å². The van der Waals surface area contributed by atoms with Gasteiger partial charge in [-0.15, -0.1) is 0 Å². The Hall–Kier alpha value is -1.09. The summed E-state index contributed by atoms with van der Waals surface area (Å²) >= 11 is 3.44. The fourth-order valence-electron chi connectivity index (χ4n) is 1.83. The Morgan fingerprint density at radius 3 is 2.87 bits per heavy atom. The molecule has 0 spiro atoms. The number of aryl methyl sites for hydroxylation is 1. The van der Waals surface area contributed by atoms with Crippen molar-refractivity contribution in [2.75, 3.05) is 0 Å². The van der Waals surface area contributed by atoms with Crippen molar-refractivity contribution in [3.63, 3.8) is 0 Å². The van der Waals surface area contributed by atoms with Crippen LogP contribution in [0.15, 0.2) is 22.7 Å². The minimum atomic E-state index is 0.193. The van der Waals surface area contributed by atoms with Crippen LogP contribution in [-0.2, 0) is 11.2 Å². The van der Waals surface area contributed by atoms with Gasteiger partial charge in [0.05, 0.1) is 0 Å². The van der Waals surface area contributed by atoms with E-state index in [0.717, 1.165) is 26.6 Å². The molecular formula is C12H12BrNO. The van der Waals surface area contributed by atoms with Crippen molar-refractivity contribution in [3.05, 3.63) is 33.9 Å². The normalized spacial score (nSPS) is 10.9. The summed E-state index contributed by atoms with van der Waals surface area (Å²) in [7, 11) is 0. The molecule has 0 bridgehead atoms. The Bertz CT molecular complexity index is 528. The number of nitrogens with one attached hydrogen (secondary N) is 1. The van der Waals surface area contributed by atoms with Crippen LogP contribution in [0.4, 0.5) is 0 Å². The zero-order valence-corrected chi connectivity index (χ0v) is 10.3. The van der Waals surface area contributed by atoms with E-state index in [1.54, 1.807) is 6.92 Å². The molecule has 1 aromatic carbocycles. The maximum atomic E-state index is 11.2. The van der Waals surface area contributed by atoms with Crippen LogP contribution in [-0.4, -0.2) is 10.8 Å². The highest BCUT2D eigenvalue weighted by Gasteiger charge is 2.10. The van der Waals surface area contributed by atoms with Crippen LogP contribution in [0.3, 0.4) is 0 Å². The number of rotatable bonds is 2. The summed E-state index contributed by atoms with van der Waals surface area (Å²) < 4.78 is 1.04. The average molecular weight is 266 g/mol. The second-order valence-electron chi connectivity index (χ2n) is 3.80. The second-order valence-corrected chi connectivity index (χ2v) is 4.71. The lowest BCUT2D eigenvalue weighted by Gasteiger charge is -1.97. The van der Waals surface area contributed by atoms with Crippen LogP contribution >= 0.6 is 15.9 Å². The first-order valence-electron chi connectivity index (χ1n) is 4.84. The minimum Gasteiger partial charge on any atom is -0.358 e. The summed E-state index contributed by atoms with van der Waals surface area (Å²) in [6.07, 6.45) is 0.502. The highest BCUT2D eigenvalue weighted by Crippen LogP contribution is 2.25. The molecule has 0 fully saturated rings. The van der Waals surface area contributed by atoms with Gasteiger partial charge in [0.15, 0.2) is 0 Å². The largest absolute Gasteiger partial charge is 0.358 e. The fourth-order valence-corrected chi connectivity index (χ4v) is 2.19. The Balaban J connectivity index is 2.65. The lowest BCUT2D eigenvalue weighted by Crippen LogP contribution is -1.96. The number of carbonyl (C=O) groups is 1. The van der Waals surface area contributed by atoms with Gasteiger partial charge >= 0.3 is 0 Å². The van der Waals surface area contributed by atoms with Gasteiger partial charge in [-0.3, -0.25) is 4.79 Å². The number of fused-ring (bicyclic) bond motifs is 1. The van der Waals surface area contributed by atoms with E-state index in [1.807, 2.05) is 19.1 Å². The second kappa shape index (κ2) is 3.81. The van der Waals surface area contributed by atoms with Crippen LogP contribution < -0.4 is 0 Å². The lowest BCUT2D eigenvalue weighted by molar-refractivity contribution is -0.116. The molecule has 15 heavy (non-hydrogen) atoms. The summed E-state index contributed by atoms with van der Waals surface area (Å²) in [5, 5.41) is 1.14. The van der Waals surface area contributed by atoms with E-state index in [9.17, 15) is 4.79 Å². The van der Waals surface area contributed by atoms with Gasteiger partial charge in [-0.1, -0.05) is 15.9 Å². The Kier molecular flexibility index (Phi) is 2.65. The zero-order valence-electron chi connectivity index (χ0n) is 8.73. The standard InChI is InChI=1S/C12H12BrNO/c1-7(15)5-10-8(2)14-12-4-3-9(13)6-11(10)12/h3-4,6,14H,5H2,1-2H3. The molecule has 0 radical (unpaired) electrons. The quantitative estimate of drug-likeness (QED) is 0.888. The van der Waals surface area contributed by atoms with E-state index in [2.05, 4.69) is 27.0 Å². The van der Waals surface area contributed by atoms with Crippen molar-refractivity contribution in [3.8, 4) is 0 Å². The van der Waals surface area contributed by atoms with Gasteiger partial charge in [-0.25, -0.2) is 0 Å². The van der Waals surface area contributed by atoms with E-state index in [0.29, 0.717) is 6.42 Å². The van der Waals surface area contributed by atoms with Crippen LogP contribution in [0.2, 0.25) is 0 Å². The Labute approximate surface area is 96.8 Å². The van der Waals surface area contributed by atoms with Gasteiger partial charge in [0, 0.05) is 27.5 Å². The fraction of sp³-hybridized carbons (Fsp3) is 0.250. The molecule has 0 unspecified atom stereocenters. The third-order valence-corrected chi connectivity index (χ3v) is 3.00. The average Bonchev–Trinajstić information content (AvgIpc) is 2.43. The molecule has 3 heteroatoms. The smallest absolute Gasteiger partial charge is 0.134 e. The molecule has 2 nitrogen and oxygen atoms in total. The lowest BCUT2D eigenvalue weighted by atomic mass is 10.1. The van der Waals surface area contributed by atoms with Crippen molar-refractivity contribution in [2.24, 2.45) is 0 Å². The minimum absolute atomic E-state index is 0.193. The first-order valence-corrected chi connectivity index (χ1v) is 5.63. The summed E-state index contributed by atoms with van der Waals surface area (Å²) in [5.74, 6) is 0.193. The monoisotopic (exact) mass is 265 g/mol. The third kappa shape index (κ3) is 1.97. The maximum Gasteiger partial charge on any atom is 0.134 e. The van der Waals surface area contributed by atoms with Crippen molar-refractivity contribution in [1.82, 2.24) is 4.98 Å². The molecule has 0 atom stereocenters. The number of Topliss-reactive ketones (excluding diaryl/α,β-unsaturated/α-hetero) is 1. The number of aromatic amines is 1. The van der Waals surface area contributed by atoms with Gasteiger partial charge in [-0.2, -0.15) is 0 Å². The Morgan fingerprint density at radius 2 is 2.20 bits per heavy atom. The van der Waals surface area contributed by atoms with Crippen LogP contribution in [0.1, 0.15) is 18.2 Å². The summed E-state index contributed by atoms with van der Waals surface area (Å²) in [5.41, 5.74) is 3.28. The van der Waals surface area contributed by atoms with Crippen LogP contribution in [0.5, 0.6) is 0 Å². The number of carbonyl (C=O) groups excluding carboxylic acids is 1. The summed E-state index contributed by atoms with van der Waals surface area (Å²) in [4.78, 5) is 14.5. The van der Waals surface area contributed by atoms with Gasteiger partial charge in [0.2, 0.25) is 0 Å². The van der Waals surface area contributed by atoms with Gasteiger partial charge in [0.1, 0.15) is 5.78 Å². The number of ketones is 1. The number of hydrogen-bond acceptors (Lipinski definition) is 1. The molecule has 1 heterocycles. The van der Waals surface area contributed by atoms with E-state index in [1.165, 1.54) is 0 Å². The SMILES string of the molecule is CC(=O)Cc1c(C)[nH]c2ccc(Br)cc12. The molecule has 2 rings (SSSR count). The molecule has 0 saturated carbocycles. The third-order valence-electron chi connectivity index (χ3n) is 2.51. The number of aromatic nitrogens is 1. The van der Waals surface area contributed by atoms with E-state index in [4.69, 9.17) is 0 Å². The molecule has 0 aliphatic rings. The molecule has 0 amide bonds. The summed E-state index contributed by atoms with van der Waals surface area (Å²) in [6, 6.07) is 6.07. The molecule has 1 N–H and O–H groups in total. The van der Waals surface area contributed by atoms with Crippen LogP contribution in [0, 0.1) is 6.92 Å². The summed E-state index contributed by atoms with van der Waals surface area (Å²) in [6.45, 7) is 3.63. The van der Waals surface area contributed by atoms with Crippen molar-refractivity contribution >= 4 is 32.6 Å². The van der Waals surface area contributed by atoms with E-state index >= 15 is 0 Å². The molecule has 1 aromatic heterocycles. The van der Waals surface area contributed by atoms with E-state index < -0.39 is 0 Å². The number of H-pyrrole nitrogens is 1. The highest BCUT2D eigenvalue weighted by molar-refractivity contribution is 9.10. The zero-order chi connectivity index (χ0) is 11.0. The van der Waals surface area contributed by atoms with E-state index in [-0.39, 0.29) is 5.78 Å². The molecular weight excluding hydrogens is 254 g/mol. The Morgan fingerprint density at radius 1 is 1.47 bits per heavy atom. The van der Waals surface area contributed by atoms with Gasteiger partial charge < -0.3 is 4.98 Å². The predicted octanol–water partition coefficient (Wildman–Crippen LogP) is 3.37. The van der Waals surface area contributed by atoms with Crippen molar-refractivity contribution in [1.29, 1.82) is 0 Å². The van der Waals surface area contributed by atoms with Gasteiger partial charge in [-0.05, 0) is 37.6 Å². The molecule has 0 aliphatic carbocycles.